The molecule has 0 spiro atoms. The summed E-state index contributed by atoms with van der Waals surface area (Å²) in [5.74, 6) is -1.51. The molecule has 5 heteroatoms. The van der Waals surface area contributed by atoms with E-state index in [0.717, 1.165) is 22.4 Å². The number of carbonyl (C=O) groups excluding carboxylic acids is 2. The first-order valence-corrected chi connectivity index (χ1v) is 9.79. The van der Waals surface area contributed by atoms with Crippen LogP contribution < -0.4 is 4.74 Å². The molecule has 0 unspecified atom stereocenters. The van der Waals surface area contributed by atoms with Crippen molar-refractivity contribution in [1.82, 2.24) is 0 Å². The van der Waals surface area contributed by atoms with Crippen molar-refractivity contribution in [2.24, 2.45) is 5.92 Å². The quantitative estimate of drug-likeness (QED) is 0.473. The normalized spacial score (nSPS) is 12.2. The third-order valence-corrected chi connectivity index (χ3v) is 4.19. The van der Waals surface area contributed by atoms with Gasteiger partial charge in [-0.1, -0.05) is 48.0 Å². The predicted octanol–water partition coefficient (Wildman–Crippen LogP) is 4.77. The van der Waals surface area contributed by atoms with Crippen LogP contribution in [0.2, 0.25) is 0 Å². The van der Waals surface area contributed by atoms with Gasteiger partial charge in [-0.2, -0.15) is 0 Å². The van der Waals surface area contributed by atoms with E-state index in [0.29, 0.717) is 0 Å². The van der Waals surface area contributed by atoms with Crippen molar-refractivity contribution in [1.29, 1.82) is 0 Å². The lowest BCUT2D eigenvalue weighted by Crippen LogP contribution is -2.34. The number of carbonyl (C=O) groups is 2. The summed E-state index contributed by atoms with van der Waals surface area (Å²) in [7, 11) is 0. The van der Waals surface area contributed by atoms with E-state index in [9.17, 15) is 9.59 Å². The number of ether oxygens (including phenoxy) is 3. The standard InChI is InChI=1S/C24H30O5/c1-17-11-12-21(18(2)15-17)27-14-13-20(23(26)29-24(3,4)5)22(25)28-16-19-9-7-6-8-10-19/h6-12,15,20H,13-14,16H2,1-5H3/t20-/m0/s1. The lowest BCUT2D eigenvalue weighted by Gasteiger charge is -2.23. The largest absolute Gasteiger partial charge is 0.493 e. The van der Waals surface area contributed by atoms with E-state index in [1.165, 1.54) is 0 Å². The molecule has 156 valence electrons. The van der Waals surface area contributed by atoms with E-state index < -0.39 is 23.5 Å². The van der Waals surface area contributed by atoms with E-state index in [1.807, 2.05) is 62.4 Å². The van der Waals surface area contributed by atoms with Crippen molar-refractivity contribution >= 4 is 11.9 Å². The average molecular weight is 398 g/mol. The van der Waals surface area contributed by atoms with Crippen LogP contribution in [-0.4, -0.2) is 24.1 Å². The second kappa shape index (κ2) is 10.1. The second-order valence-electron chi connectivity index (χ2n) is 8.09. The van der Waals surface area contributed by atoms with Gasteiger partial charge in [0, 0.05) is 6.42 Å². The Hall–Kier alpha value is -2.82. The fourth-order valence-corrected chi connectivity index (χ4v) is 2.78. The Morgan fingerprint density at radius 2 is 1.66 bits per heavy atom. The Balaban J connectivity index is 2.01. The highest BCUT2D eigenvalue weighted by Crippen LogP contribution is 2.21. The van der Waals surface area contributed by atoms with Crippen LogP contribution in [0.4, 0.5) is 0 Å². The van der Waals surface area contributed by atoms with Gasteiger partial charge in [0.1, 0.15) is 18.0 Å². The molecule has 0 heterocycles. The molecule has 2 rings (SSSR count). The minimum Gasteiger partial charge on any atom is -0.493 e. The maximum atomic E-state index is 12.6. The lowest BCUT2D eigenvalue weighted by atomic mass is 10.1. The van der Waals surface area contributed by atoms with Crippen LogP contribution in [0.25, 0.3) is 0 Å². The van der Waals surface area contributed by atoms with E-state index in [1.54, 1.807) is 20.8 Å². The minimum absolute atomic E-state index is 0.108. The van der Waals surface area contributed by atoms with Gasteiger partial charge < -0.3 is 14.2 Å². The number of hydrogen-bond acceptors (Lipinski definition) is 5. The molecule has 0 bridgehead atoms. The number of aryl methyl sites for hydroxylation is 2. The zero-order chi connectivity index (χ0) is 21.4. The van der Waals surface area contributed by atoms with E-state index >= 15 is 0 Å². The number of hydrogen-bond donors (Lipinski definition) is 0. The zero-order valence-corrected chi connectivity index (χ0v) is 17.9. The van der Waals surface area contributed by atoms with Crippen LogP contribution in [0.1, 0.15) is 43.9 Å². The molecular formula is C24H30O5. The summed E-state index contributed by atoms with van der Waals surface area (Å²) in [6.45, 7) is 9.58. The molecule has 0 aliphatic heterocycles. The highest BCUT2D eigenvalue weighted by Gasteiger charge is 2.32. The fraction of sp³-hybridized carbons (Fsp3) is 0.417. The van der Waals surface area contributed by atoms with Gasteiger partial charge in [0.2, 0.25) is 0 Å². The molecular weight excluding hydrogens is 368 g/mol. The molecule has 0 saturated heterocycles. The Kier molecular flexibility index (Phi) is 7.82. The Morgan fingerprint density at radius 1 is 0.966 bits per heavy atom. The second-order valence-corrected chi connectivity index (χ2v) is 8.09. The lowest BCUT2D eigenvalue weighted by molar-refractivity contribution is -0.170. The minimum atomic E-state index is -1.04. The van der Waals surface area contributed by atoms with Crippen LogP contribution in [0, 0.1) is 19.8 Å². The summed E-state index contributed by atoms with van der Waals surface area (Å²) in [5.41, 5.74) is 2.32. The molecule has 0 aromatic heterocycles. The van der Waals surface area contributed by atoms with Gasteiger partial charge in [0.05, 0.1) is 6.61 Å². The topological polar surface area (TPSA) is 61.8 Å². The van der Waals surface area contributed by atoms with Crippen LogP contribution in [0.5, 0.6) is 5.75 Å². The molecule has 29 heavy (non-hydrogen) atoms. The molecule has 0 aliphatic carbocycles. The molecule has 0 saturated carbocycles. The maximum Gasteiger partial charge on any atom is 0.320 e. The van der Waals surface area contributed by atoms with Crippen LogP contribution >= 0.6 is 0 Å². The van der Waals surface area contributed by atoms with E-state index in [4.69, 9.17) is 14.2 Å². The molecule has 0 N–H and O–H groups in total. The summed E-state index contributed by atoms with van der Waals surface area (Å²) in [6.07, 6.45) is 0.176. The number of esters is 2. The summed E-state index contributed by atoms with van der Waals surface area (Å²) >= 11 is 0. The first-order chi connectivity index (χ1) is 13.7. The molecule has 0 fully saturated rings. The molecule has 0 amide bonds. The van der Waals surface area contributed by atoms with Crippen LogP contribution in [-0.2, 0) is 25.7 Å². The molecule has 1 atom stereocenters. The first kappa shape index (κ1) is 22.5. The van der Waals surface area contributed by atoms with Crippen molar-refractivity contribution in [3.63, 3.8) is 0 Å². The van der Waals surface area contributed by atoms with Crippen molar-refractivity contribution < 1.29 is 23.8 Å². The van der Waals surface area contributed by atoms with Crippen molar-refractivity contribution in [3.05, 3.63) is 65.2 Å². The maximum absolute atomic E-state index is 12.6. The van der Waals surface area contributed by atoms with Gasteiger partial charge in [-0.3, -0.25) is 9.59 Å². The molecule has 5 nitrogen and oxygen atoms in total. The summed E-state index contributed by atoms with van der Waals surface area (Å²) < 4.78 is 16.6. The molecule has 2 aromatic rings. The van der Waals surface area contributed by atoms with Crippen molar-refractivity contribution in [2.75, 3.05) is 6.61 Å². The van der Waals surface area contributed by atoms with Gasteiger partial charge in [-0.05, 0) is 51.8 Å². The SMILES string of the molecule is Cc1ccc(OCC[C@@H](C(=O)OCc2ccccc2)C(=O)OC(C)(C)C)c(C)c1. The molecule has 2 aromatic carbocycles. The summed E-state index contributed by atoms with van der Waals surface area (Å²) in [6, 6.07) is 15.2. The fourth-order valence-electron chi connectivity index (χ4n) is 2.78. The molecule has 0 aliphatic rings. The van der Waals surface area contributed by atoms with Crippen molar-refractivity contribution in [3.8, 4) is 5.75 Å². The monoisotopic (exact) mass is 398 g/mol. The van der Waals surface area contributed by atoms with Gasteiger partial charge in [0.25, 0.3) is 0 Å². The highest BCUT2D eigenvalue weighted by atomic mass is 16.6. The van der Waals surface area contributed by atoms with Crippen LogP contribution in [0.15, 0.2) is 48.5 Å². The third-order valence-electron chi connectivity index (χ3n) is 4.19. The van der Waals surface area contributed by atoms with Gasteiger partial charge in [0.15, 0.2) is 5.92 Å². The van der Waals surface area contributed by atoms with Gasteiger partial charge >= 0.3 is 11.9 Å². The highest BCUT2D eigenvalue weighted by molar-refractivity contribution is 5.95. The first-order valence-electron chi connectivity index (χ1n) is 9.79. The van der Waals surface area contributed by atoms with Crippen LogP contribution in [0.3, 0.4) is 0 Å². The number of rotatable bonds is 8. The average Bonchev–Trinajstić information content (AvgIpc) is 2.64. The molecule has 0 radical (unpaired) electrons. The smallest absolute Gasteiger partial charge is 0.320 e. The van der Waals surface area contributed by atoms with Crippen molar-refractivity contribution in [2.45, 2.75) is 53.2 Å². The predicted molar refractivity (Wildman–Crippen MR) is 112 cm³/mol. The number of benzene rings is 2. The van der Waals surface area contributed by atoms with E-state index in [-0.39, 0.29) is 19.6 Å². The Bertz CT molecular complexity index is 821. The Morgan fingerprint density at radius 3 is 2.28 bits per heavy atom. The van der Waals surface area contributed by atoms with Gasteiger partial charge in [-0.15, -0.1) is 0 Å². The summed E-state index contributed by atoms with van der Waals surface area (Å²) in [5, 5.41) is 0. The summed E-state index contributed by atoms with van der Waals surface area (Å²) in [4.78, 5) is 25.2. The van der Waals surface area contributed by atoms with E-state index in [2.05, 4.69) is 0 Å². The Labute approximate surface area is 173 Å². The third kappa shape index (κ3) is 7.60. The zero-order valence-electron chi connectivity index (χ0n) is 17.9. The van der Waals surface area contributed by atoms with Gasteiger partial charge in [-0.25, -0.2) is 0 Å².